The minimum atomic E-state index is -0.480. The summed E-state index contributed by atoms with van der Waals surface area (Å²) >= 11 is 6.37. The SMILES string of the molecule is COC(=O)C1=C(C)N(C2CCCCC2)C(=O)/C1=C\c1cc(C)n(-c2ccc(OC)c(Cl)c2)c1C. The predicted octanol–water partition coefficient (Wildman–Crippen LogP) is 5.76. The Morgan fingerprint density at radius 2 is 1.79 bits per heavy atom. The first kappa shape index (κ1) is 24.1. The molecule has 1 aromatic carbocycles. The van der Waals surface area contributed by atoms with E-state index in [0.29, 0.717) is 27.6 Å². The van der Waals surface area contributed by atoms with E-state index in [9.17, 15) is 9.59 Å². The highest BCUT2D eigenvalue weighted by atomic mass is 35.5. The van der Waals surface area contributed by atoms with Crippen LogP contribution in [0.25, 0.3) is 11.8 Å². The van der Waals surface area contributed by atoms with Crippen molar-refractivity contribution < 1.29 is 19.1 Å². The fraction of sp³-hybridized carbons (Fsp3) is 0.407. The Balaban J connectivity index is 1.78. The minimum absolute atomic E-state index is 0.123. The van der Waals surface area contributed by atoms with Gasteiger partial charge in [-0.2, -0.15) is 0 Å². The largest absolute Gasteiger partial charge is 0.495 e. The summed E-state index contributed by atoms with van der Waals surface area (Å²) in [6.45, 7) is 5.84. The molecule has 1 amide bonds. The van der Waals surface area contributed by atoms with Gasteiger partial charge in [0.05, 0.1) is 30.4 Å². The fourth-order valence-corrected chi connectivity index (χ4v) is 5.51. The van der Waals surface area contributed by atoms with Gasteiger partial charge in [-0.25, -0.2) is 4.79 Å². The number of ether oxygens (including phenoxy) is 2. The summed E-state index contributed by atoms with van der Waals surface area (Å²) in [5, 5.41) is 0.521. The Kier molecular flexibility index (Phi) is 6.89. The zero-order chi connectivity index (χ0) is 24.6. The van der Waals surface area contributed by atoms with Gasteiger partial charge < -0.3 is 18.9 Å². The maximum absolute atomic E-state index is 13.6. The lowest BCUT2D eigenvalue weighted by atomic mass is 9.94. The van der Waals surface area contributed by atoms with E-state index in [1.54, 1.807) is 7.11 Å². The Labute approximate surface area is 205 Å². The van der Waals surface area contributed by atoms with Crippen molar-refractivity contribution in [2.24, 2.45) is 0 Å². The van der Waals surface area contributed by atoms with Crippen molar-refractivity contribution in [3.63, 3.8) is 0 Å². The lowest BCUT2D eigenvalue weighted by Crippen LogP contribution is -2.37. The second kappa shape index (κ2) is 9.71. The molecule has 1 saturated carbocycles. The van der Waals surface area contributed by atoms with Crippen LogP contribution in [0.3, 0.4) is 0 Å². The monoisotopic (exact) mass is 482 g/mol. The maximum atomic E-state index is 13.6. The third-order valence-corrected chi connectivity index (χ3v) is 7.23. The normalized spacial score (nSPS) is 18.2. The Hall–Kier alpha value is -2.99. The van der Waals surface area contributed by atoms with Crippen LogP contribution in [-0.2, 0) is 14.3 Å². The van der Waals surface area contributed by atoms with Gasteiger partial charge in [0, 0.05) is 28.8 Å². The number of carbonyl (C=O) groups excluding carboxylic acids is 2. The summed E-state index contributed by atoms with van der Waals surface area (Å²) in [7, 11) is 2.94. The van der Waals surface area contributed by atoms with Crippen LogP contribution in [0.15, 0.2) is 41.1 Å². The summed E-state index contributed by atoms with van der Waals surface area (Å²) in [5.41, 5.74) is 5.13. The molecule has 34 heavy (non-hydrogen) atoms. The van der Waals surface area contributed by atoms with Crippen molar-refractivity contribution >= 4 is 29.6 Å². The van der Waals surface area contributed by atoms with Crippen LogP contribution in [0.2, 0.25) is 5.02 Å². The van der Waals surface area contributed by atoms with E-state index in [-0.39, 0.29) is 11.9 Å². The molecular formula is C27H31ClN2O4. The molecule has 180 valence electrons. The zero-order valence-corrected chi connectivity index (χ0v) is 21.2. The number of rotatable bonds is 5. The molecular weight excluding hydrogens is 452 g/mol. The molecule has 1 aliphatic carbocycles. The van der Waals surface area contributed by atoms with E-state index in [4.69, 9.17) is 21.1 Å². The Bertz CT molecular complexity index is 1200. The molecule has 0 N–H and O–H groups in total. The zero-order valence-electron chi connectivity index (χ0n) is 20.4. The first-order chi connectivity index (χ1) is 16.3. The molecule has 0 spiro atoms. The highest BCUT2D eigenvalue weighted by Gasteiger charge is 2.40. The first-order valence-electron chi connectivity index (χ1n) is 11.7. The molecule has 0 atom stereocenters. The van der Waals surface area contributed by atoms with Gasteiger partial charge in [0.2, 0.25) is 0 Å². The predicted molar refractivity (Wildman–Crippen MR) is 133 cm³/mol. The Morgan fingerprint density at radius 1 is 1.09 bits per heavy atom. The van der Waals surface area contributed by atoms with Crippen LogP contribution in [0.5, 0.6) is 5.75 Å². The lowest BCUT2D eigenvalue weighted by Gasteiger charge is -2.32. The van der Waals surface area contributed by atoms with Gasteiger partial charge in [-0.05, 0) is 69.5 Å². The van der Waals surface area contributed by atoms with Crippen LogP contribution in [0.1, 0.15) is 56.0 Å². The summed E-state index contributed by atoms with van der Waals surface area (Å²) in [6, 6.07) is 7.77. The van der Waals surface area contributed by atoms with Crippen LogP contribution >= 0.6 is 11.6 Å². The highest BCUT2D eigenvalue weighted by molar-refractivity contribution is 6.32. The van der Waals surface area contributed by atoms with Gasteiger partial charge in [0.1, 0.15) is 5.75 Å². The second-order valence-corrected chi connectivity index (χ2v) is 9.36. The van der Waals surface area contributed by atoms with E-state index in [1.807, 2.05) is 56.0 Å². The van der Waals surface area contributed by atoms with E-state index in [2.05, 4.69) is 4.57 Å². The molecule has 0 radical (unpaired) electrons. The van der Waals surface area contributed by atoms with Gasteiger partial charge in [-0.1, -0.05) is 30.9 Å². The van der Waals surface area contributed by atoms with Crippen molar-refractivity contribution in [1.82, 2.24) is 9.47 Å². The summed E-state index contributed by atoms with van der Waals surface area (Å²) in [6.07, 6.45) is 7.12. The number of aryl methyl sites for hydroxylation is 1. The molecule has 0 bridgehead atoms. The minimum Gasteiger partial charge on any atom is -0.495 e. The third kappa shape index (κ3) is 4.16. The van der Waals surface area contributed by atoms with Gasteiger partial charge in [0.25, 0.3) is 5.91 Å². The number of esters is 1. The van der Waals surface area contributed by atoms with Crippen molar-refractivity contribution in [3.05, 3.63) is 63.1 Å². The Morgan fingerprint density at radius 3 is 2.41 bits per heavy atom. The quantitative estimate of drug-likeness (QED) is 0.401. The molecule has 4 rings (SSSR count). The van der Waals surface area contributed by atoms with Crippen molar-refractivity contribution in [2.45, 2.75) is 58.9 Å². The molecule has 1 aromatic heterocycles. The third-order valence-electron chi connectivity index (χ3n) is 6.93. The summed E-state index contributed by atoms with van der Waals surface area (Å²) < 4.78 is 12.4. The van der Waals surface area contributed by atoms with Gasteiger partial charge >= 0.3 is 5.97 Å². The molecule has 1 fully saturated rings. The summed E-state index contributed by atoms with van der Waals surface area (Å²) in [5.74, 6) is 0.00570. The number of allylic oxidation sites excluding steroid dienone is 1. The number of amides is 1. The van der Waals surface area contributed by atoms with Crippen molar-refractivity contribution in [3.8, 4) is 11.4 Å². The van der Waals surface area contributed by atoms with E-state index in [1.165, 1.54) is 13.5 Å². The number of aromatic nitrogens is 1. The smallest absolute Gasteiger partial charge is 0.340 e. The molecule has 0 saturated heterocycles. The van der Waals surface area contributed by atoms with E-state index < -0.39 is 5.97 Å². The second-order valence-electron chi connectivity index (χ2n) is 8.96. The molecule has 6 nitrogen and oxygen atoms in total. The van der Waals surface area contributed by atoms with Crippen LogP contribution in [-0.4, -0.2) is 41.6 Å². The van der Waals surface area contributed by atoms with Crippen LogP contribution < -0.4 is 4.74 Å². The average Bonchev–Trinajstić information content (AvgIpc) is 3.25. The number of halogens is 1. The number of hydrogen-bond donors (Lipinski definition) is 0. The summed E-state index contributed by atoms with van der Waals surface area (Å²) in [4.78, 5) is 28.2. The molecule has 0 unspecified atom stereocenters. The number of methoxy groups -OCH3 is 2. The standard InChI is InChI=1S/C27H31ClN2O4/c1-16-13-19(17(2)29(16)21-11-12-24(33-4)23(28)15-21)14-22-25(27(32)34-5)18(3)30(26(22)31)20-9-7-6-8-10-20/h11-15,20H,6-10H2,1-5H3/b22-14-. The van der Waals surface area contributed by atoms with E-state index >= 15 is 0 Å². The molecule has 2 aliphatic rings. The van der Waals surface area contributed by atoms with Crippen LogP contribution in [0.4, 0.5) is 0 Å². The molecule has 1 aliphatic heterocycles. The average molecular weight is 483 g/mol. The topological polar surface area (TPSA) is 60.8 Å². The number of hydrogen-bond acceptors (Lipinski definition) is 4. The van der Waals surface area contributed by atoms with Crippen molar-refractivity contribution in [1.29, 1.82) is 0 Å². The number of benzene rings is 1. The first-order valence-corrected chi connectivity index (χ1v) is 12.0. The molecule has 7 heteroatoms. The lowest BCUT2D eigenvalue weighted by molar-refractivity contribution is -0.136. The number of carbonyl (C=O) groups is 2. The fourth-order valence-electron chi connectivity index (χ4n) is 5.26. The maximum Gasteiger partial charge on any atom is 0.340 e. The molecule has 2 heterocycles. The highest BCUT2D eigenvalue weighted by Crippen LogP contribution is 2.38. The van der Waals surface area contributed by atoms with Gasteiger partial charge in [0.15, 0.2) is 0 Å². The van der Waals surface area contributed by atoms with Crippen molar-refractivity contribution in [2.75, 3.05) is 14.2 Å². The molecule has 2 aromatic rings. The van der Waals surface area contributed by atoms with Crippen LogP contribution in [0, 0.1) is 13.8 Å². The number of nitrogens with zero attached hydrogens (tertiary/aromatic N) is 2. The van der Waals surface area contributed by atoms with Gasteiger partial charge in [-0.15, -0.1) is 0 Å². The van der Waals surface area contributed by atoms with Gasteiger partial charge in [-0.3, -0.25) is 4.79 Å². The van der Waals surface area contributed by atoms with E-state index in [0.717, 1.165) is 48.3 Å².